The zero-order valence-corrected chi connectivity index (χ0v) is 11.7. The Bertz CT molecular complexity index is 299. The average molecular weight is 255 g/mol. The fraction of sp³-hybridized carbons (Fsp3) is 0.923. The predicted molar refractivity (Wildman–Crippen MR) is 71.6 cm³/mol. The van der Waals surface area contributed by atoms with E-state index in [1.807, 2.05) is 7.05 Å². The van der Waals surface area contributed by atoms with E-state index < -0.39 is 0 Å². The van der Waals surface area contributed by atoms with Crippen molar-refractivity contribution < 1.29 is 9.47 Å². The number of aliphatic imine (C=N–C) groups is 1. The Labute approximate surface area is 109 Å². The van der Waals surface area contributed by atoms with Gasteiger partial charge in [0.15, 0.2) is 11.7 Å². The van der Waals surface area contributed by atoms with Crippen LogP contribution in [0.3, 0.4) is 0 Å². The van der Waals surface area contributed by atoms with Gasteiger partial charge in [0.2, 0.25) is 0 Å². The number of guanidine groups is 1. The summed E-state index contributed by atoms with van der Waals surface area (Å²) in [5, 5.41) is 6.22. The molecule has 0 radical (unpaired) electrons. The second-order valence-electron chi connectivity index (χ2n) is 5.35. The van der Waals surface area contributed by atoms with Crippen molar-refractivity contribution in [2.24, 2.45) is 10.9 Å². The molecule has 0 amide bonds. The molecule has 2 rings (SSSR count). The van der Waals surface area contributed by atoms with Gasteiger partial charge in [0.1, 0.15) is 6.10 Å². The van der Waals surface area contributed by atoms with Gasteiger partial charge in [-0.2, -0.15) is 0 Å². The molecule has 1 spiro atoms. The predicted octanol–water partition coefficient (Wildman–Crippen LogP) is 1.10. The fourth-order valence-electron chi connectivity index (χ4n) is 2.67. The van der Waals surface area contributed by atoms with E-state index in [0.717, 1.165) is 31.3 Å². The topological polar surface area (TPSA) is 54.9 Å². The highest BCUT2D eigenvalue weighted by Crippen LogP contribution is 2.39. The van der Waals surface area contributed by atoms with E-state index in [1.54, 1.807) is 7.05 Å². The molecule has 2 fully saturated rings. The third-order valence-electron chi connectivity index (χ3n) is 3.91. The molecule has 0 bridgehead atoms. The average Bonchev–Trinajstić information content (AvgIpc) is 2.78. The molecule has 0 aromatic heterocycles. The quantitative estimate of drug-likeness (QED) is 0.573. The molecule has 2 N–H and O–H groups in total. The monoisotopic (exact) mass is 255 g/mol. The number of nitrogens with zero attached hydrogens (tertiary/aromatic N) is 1. The SMILES string of the molecule is CN=C(NC)NCC1COC2(CCC(C)CC2)O1. The van der Waals surface area contributed by atoms with Crippen LogP contribution in [-0.4, -0.2) is 45.1 Å². The molecule has 104 valence electrons. The van der Waals surface area contributed by atoms with Crippen LogP contribution in [-0.2, 0) is 9.47 Å². The minimum absolute atomic E-state index is 0.128. The summed E-state index contributed by atoms with van der Waals surface area (Å²) < 4.78 is 12.0. The first-order chi connectivity index (χ1) is 8.67. The van der Waals surface area contributed by atoms with Crippen LogP contribution in [0.4, 0.5) is 0 Å². The summed E-state index contributed by atoms with van der Waals surface area (Å²) >= 11 is 0. The fourth-order valence-corrected chi connectivity index (χ4v) is 2.67. The minimum Gasteiger partial charge on any atom is -0.359 e. The minimum atomic E-state index is -0.290. The van der Waals surface area contributed by atoms with Crippen LogP contribution < -0.4 is 10.6 Å². The number of hydrogen-bond donors (Lipinski definition) is 2. The lowest BCUT2D eigenvalue weighted by Gasteiger charge is -2.34. The molecule has 1 atom stereocenters. The van der Waals surface area contributed by atoms with Gasteiger partial charge in [-0.3, -0.25) is 4.99 Å². The van der Waals surface area contributed by atoms with E-state index in [2.05, 4.69) is 22.5 Å². The van der Waals surface area contributed by atoms with Crippen LogP contribution >= 0.6 is 0 Å². The van der Waals surface area contributed by atoms with Crippen molar-refractivity contribution in [3.63, 3.8) is 0 Å². The first-order valence-corrected chi connectivity index (χ1v) is 6.87. The smallest absolute Gasteiger partial charge is 0.190 e. The highest BCUT2D eigenvalue weighted by atomic mass is 16.7. The lowest BCUT2D eigenvalue weighted by Crippen LogP contribution is -2.41. The molecule has 1 saturated heterocycles. The standard InChI is InChI=1S/C13H25N3O2/c1-10-4-6-13(7-5-10)17-9-11(18-13)8-16-12(14-2)15-3/h10-11H,4-9H2,1-3H3,(H2,14,15,16). The molecule has 5 heteroatoms. The molecule has 1 heterocycles. The molecule has 0 aromatic rings. The van der Waals surface area contributed by atoms with Gasteiger partial charge in [0, 0.05) is 33.5 Å². The molecule has 1 unspecified atom stereocenters. The first kappa shape index (κ1) is 13.6. The zero-order valence-electron chi connectivity index (χ0n) is 11.7. The van der Waals surface area contributed by atoms with Gasteiger partial charge in [0.05, 0.1) is 6.61 Å². The lowest BCUT2D eigenvalue weighted by atomic mass is 9.86. The van der Waals surface area contributed by atoms with E-state index >= 15 is 0 Å². The van der Waals surface area contributed by atoms with Crippen molar-refractivity contribution in [3.8, 4) is 0 Å². The summed E-state index contributed by atoms with van der Waals surface area (Å²) in [6.07, 6.45) is 4.61. The van der Waals surface area contributed by atoms with Crippen LogP contribution in [0.25, 0.3) is 0 Å². The van der Waals surface area contributed by atoms with Crippen molar-refractivity contribution in [2.75, 3.05) is 27.2 Å². The van der Waals surface area contributed by atoms with Crippen LogP contribution in [0, 0.1) is 5.92 Å². The summed E-state index contributed by atoms with van der Waals surface area (Å²) in [5.41, 5.74) is 0. The third kappa shape index (κ3) is 3.14. The van der Waals surface area contributed by atoms with Crippen LogP contribution in [0.5, 0.6) is 0 Å². The van der Waals surface area contributed by atoms with Crippen LogP contribution in [0.1, 0.15) is 32.6 Å². The number of nitrogens with one attached hydrogen (secondary N) is 2. The second-order valence-corrected chi connectivity index (χ2v) is 5.35. The number of ether oxygens (including phenoxy) is 2. The molecular formula is C13H25N3O2. The Balaban J connectivity index is 1.78. The van der Waals surface area contributed by atoms with Crippen LogP contribution in [0.15, 0.2) is 4.99 Å². The van der Waals surface area contributed by atoms with Gasteiger partial charge in [-0.05, 0) is 18.8 Å². The summed E-state index contributed by atoms with van der Waals surface area (Å²) in [7, 11) is 3.61. The molecule has 5 nitrogen and oxygen atoms in total. The third-order valence-corrected chi connectivity index (χ3v) is 3.91. The maximum absolute atomic E-state index is 6.11. The summed E-state index contributed by atoms with van der Waals surface area (Å²) in [5.74, 6) is 1.31. The van der Waals surface area contributed by atoms with E-state index in [-0.39, 0.29) is 11.9 Å². The first-order valence-electron chi connectivity index (χ1n) is 6.87. The zero-order chi connectivity index (χ0) is 13.0. The molecule has 1 aliphatic heterocycles. The maximum Gasteiger partial charge on any atom is 0.190 e. The summed E-state index contributed by atoms with van der Waals surface area (Å²) in [6, 6.07) is 0. The van der Waals surface area contributed by atoms with Crippen LogP contribution in [0.2, 0.25) is 0 Å². The molecule has 2 aliphatic rings. The Morgan fingerprint density at radius 3 is 2.72 bits per heavy atom. The highest BCUT2D eigenvalue weighted by molar-refractivity contribution is 5.79. The molecular weight excluding hydrogens is 230 g/mol. The molecule has 0 aromatic carbocycles. The van der Waals surface area contributed by atoms with Gasteiger partial charge < -0.3 is 20.1 Å². The largest absolute Gasteiger partial charge is 0.359 e. The van der Waals surface area contributed by atoms with Crippen molar-refractivity contribution in [2.45, 2.75) is 44.5 Å². The van der Waals surface area contributed by atoms with Crippen molar-refractivity contribution in [1.82, 2.24) is 10.6 Å². The molecule has 18 heavy (non-hydrogen) atoms. The maximum atomic E-state index is 6.11. The summed E-state index contributed by atoms with van der Waals surface area (Å²) in [4.78, 5) is 4.08. The number of hydrogen-bond acceptors (Lipinski definition) is 3. The van der Waals surface area contributed by atoms with E-state index in [4.69, 9.17) is 9.47 Å². The van der Waals surface area contributed by atoms with Gasteiger partial charge >= 0.3 is 0 Å². The van der Waals surface area contributed by atoms with E-state index in [1.165, 1.54) is 12.8 Å². The van der Waals surface area contributed by atoms with Crippen molar-refractivity contribution in [3.05, 3.63) is 0 Å². The molecule has 1 aliphatic carbocycles. The Kier molecular flexibility index (Phi) is 4.45. The van der Waals surface area contributed by atoms with Gasteiger partial charge in [-0.1, -0.05) is 6.92 Å². The van der Waals surface area contributed by atoms with Gasteiger partial charge in [-0.15, -0.1) is 0 Å². The Morgan fingerprint density at radius 2 is 2.11 bits per heavy atom. The van der Waals surface area contributed by atoms with E-state index in [9.17, 15) is 0 Å². The highest BCUT2D eigenvalue weighted by Gasteiger charge is 2.43. The van der Waals surface area contributed by atoms with Gasteiger partial charge in [0.25, 0.3) is 0 Å². The number of rotatable bonds is 2. The van der Waals surface area contributed by atoms with Crippen molar-refractivity contribution >= 4 is 5.96 Å². The van der Waals surface area contributed by atoms with E-state index in [0.29, 0.717) is 6.61 Å². The molecule has 1 saturated carbocycles. The second kappa shape index (κ2) is 5.89. The summed E-state index contributed by atoms with van der Waals surface area (Å²) in [6.45, 7) is 3.73. The van der Waals surface area contributed by atoms with Crippen molar-refractivity contribution in [1.29, 1.82) is 0 Å². The Morgan fingerprint density at radius 1 is 1.39 bits per heavy atom. The lowest BCUT2D eigenvalue weighted by molar-refractivity contribution is -0.191. The van der Waals surface area contributed by atoms with Gasteiger partial charge in [-0.25, -0.2) is 0 Å². The normalized spacial score (nSPS) is 36.9. The Hall–Kier alpha value is -0.810.